The predicted molar refractivity (Wildman–Crippen MR) is 98.1 cm³/mol. The van der Waals surface area contributed by atoms with Crippen molar-refractivity contribution in [3.63, 3.8) is 0 Å². The van der Waals surface area contributed by atoms with Crippen LogP contribution in [0.1, 0.15) is 44.1 Å². The maximum Gasteiger partial charge on any atom is 0.245 e. The van der Waals surface area contributed by atoms with Crippen molar-refractivity contribution in [1.29, 1.82) is 0 Å². The molecule has 1 aromatic rings. The number of carbonyl (C=O) groups excluding carboxylic acids is 2. The molecular weight excluding hydrogens is 332 g/mol. The van der Waals surface area contributed by atoms with Gasteiger partial charge in [-0.2, -0.15) is 0 Å². The zero-order chi connectivity index (χ0) is 18.5. The minimum Gasteiger partial charge on any atom is -0.497 e. The van der Waals surface area contributed by atoms with E-state index in [4.69, 9.17) is 9.47 Å². The number of hydrogen-bond donors (Lipinski definition) is 1. The van der Waals surface area contributed by atoms with E-state index in [1.54, 1.807) is 7.11 Å². The van der Waals surface area contributed by atoms with Crippen LogP contribution < -0.4 is 10.1 Å². The summed E-state index contributed by atoms with van der Waals surface area (Å²) in [7, 11) is 1.63. The number of ether oxygens (including phenoxy) is 2. The summed E-state index contributed by atoms with van der Waals surface area (Å²) in [5, 5.41) is 2.93. The Labute approximate surface area is 154 Å². The molecule has 0 aromatic heterocycles. The molecule has 2 aliphatic heterocycles. The lowest BCUT2D eigenvalue weighted by Gasteiger charge is -2.31. The van der Waals surface area contributed by atoms with Gasteiger partial charge in [0.05, 0.1) is 7.11 Å². The predicted octanol–water partition coefficient (Wildman–Crippen LogP) is 2.08. The van der Waals surface area contributed by atoms with Gasteiger partial charge < -0.3 is 19.7 Å². The van der Waals surface area contributed by atoms with Gasteiger partial charge in [0.2, 0.25) is 11.8 Å². The molecule has 1 aromatic carbocycles. The van der Waals surface area contributed by atoms with Crippen molar-refractivity contribution in [3.8, 4) is 5.75 Å². The van der Waals surface area contributed by atoms with Crippen molar-refractivity contribution in [2.45, 2.75) is 50.6 Å². The summed E-state index contributed by atoms with van der Waals surface area (Å²) in [5.74, 6) is 0.877. The molecule has 1 N–H and O–H groups in total. The molecule has 2 unspecified atom stereocenters. The highest BCUT2D eigenvalue weighted by atomic mass is 16.5. The van der Waals surface area contributed by atoms with Crippen LogP contribution in [0, 0.1) is 0 Å². The van der Waals surface area contributed by atoms with Gasteiger partial charge in [-0.1, -0.05) is 19.1 Å². The Morgan fingerprint density at radius 2 is 1.96 bits per heavy atom. The molecule has 0 saturated carbocycles. The topological polar surface area (TPSA) is 67.9 Å². The minimum absolute atomic E-state index is 0.0577. The first kappa shape index (κ1) is 18.7. The lowest BCUT2D eigenvalue weighted by Crippen LogP contribution is -2.46. The monoisotopic (exact) mass is 360 g/mol. The number of nitrogens with one attached hydrogen (secondary N) is 1. The molecule has 0 spiro atoms. The average molecular weight is 360 g/mol. The molecule has 0 bridgehead atoms. The Kier molecular flexibility index (Phi) is 6.14. The smallest absolute Gasteiger partial charge is 0.245 e. The van der Waals surface area contributed by atoms with E-state index in [2.05, 4.69) is 5.32 Å². The third kappa shape index (κ3) is 4.36. The molecule has 2 saturated heterocycles. The van der Waals surface area contributed by atoms with Crippen molar-refractivity contribution in [2.75, 3.05) is 26.9 Å². The maximum atomic E-state index is 12.6. The highest BCUT2D eigenvalue weighted by Gasteiger charge is 2.37. The second-order valence-corrected chi connectivity index (χ2v) is 7.16. The van der Waals surface area contributed by atoms with Gasteiger partial charge >= 0.3 is 0 Å². The molecule has 2 amide bonds. The van der Waals surface area contributed by atoms with Gasteiger partial charge in [-0.25, -0.2) is 0 Å². The van der Waals surface area contributed by atoms with Gasteiger partial charge in [0.1, 0.15) is 11.8 Å². The first-order valence-corrected chi connectivity index (χ1v) is 9.40. The van der Waals surface area contributed by atoms with E-state index >= 15 is 0 Å². The maximum absolute atomic E-state index is 12.6. The van der Waals surface area contributed by atoms with Crippen LogP contribution in [-0.2, 0) is 14.3 Å². The molecule has 2 aliphatic rings. The Morgan fingerprint density at radius 1 is 1.27 bits per heavy atom. The summed E-state index contributed by atoms with van der Waals surface area (Å²) in [4.78, 5) is 27.0. The third-order valence-corrected chi connectivity index (χ3v) is 5.38. The summed E-state index contributed by atoms with van der Waals surface area (Å²) >= 11 is 0. The van der Waals surface area contributed by atoms with Crippen LogP contribution in [-0.4, -0.2) is 55.7 Å². The van der Waals surface area contributed by atoms with Crippen LogP contribution in [0.2, 0.25) is 0 Å². The Bertz CT molecular complexity index is 625. The number of benzene rings is 1. The number of rotatable bonds is 6. The highest BCUT2D eigenvalue weighted by molar-refractivity contribution is 5.89. The van der Waals surface area contributed by atoms with Crippen molar-refractivity contribution < 1.29 is 19.1 Å². The zero-order valence-electron chi connectivity index (χ0n) is 15.6. The van der Waals surface area contributed by atoms with E-state index < -0.39 is 0 Å². The molecule has 3 rings (SSSR count). The van der Waals surface area contributed by atoms with Crippen molar-refractivity contribution in [1.82, 2.24) is 10.2 Å². The van der Waals surface area contributed by atoms with Gasteiger partial charge in [-0.05, 0) is 42.9 Å². The Balaban J connectivity index is 1.50. The Hall–Kier alpha value is -2.08. The lowest BCUT2D eigenvalue weighted by molar-refractivity contribution is -0.135. The molecule has 26 heavy (non-hydrogen) atoms. The number of carbonyl (C=O) groups is 2. The quantitative estimate of drug-likeness (QED) is 0.843. The number of likely N-dealkylation sites (tertiary alicyclic amines) is 1. The van der Waals surface area contributed by atoms with Crippen LogP contribution in [0.25, 0.3) is 0 Å². The molecule has 6 heteroatoms. The van der Waals surface area contributed by atoms with Gasteiger partial charge in [0, 0.05) is 32.2 Å². The van der Waals surface area contributed by atoms with Crippen LogP contribution in [0.3, 0.4) is 0 Å². The van der Waals surface area contributed by atoms with E-state index in [9.17, 15) is 9.59 Å². The fraction of sp³-hybridized carbons (Fsp3) is 0.600. The van der Waals surface area contributed by atoms with Crippen molar-refractivity contribution >= 4 is 11.8 Å². The van der Waals surface area contributed by atoms with Crippen LogP contribution in [0.5, 0.6) is 5.75 Å². The zero-order valence-corrected chi connectivity index (χ0v) is 15.6. The molecule has 2 atom stereocenters. The van der Waals surface area contributed by atoms with Crippen LogP contribution >= 0.6 is 0 Å². The van der Waals surface area contributed by atoms with E-state index in [0.717, 1.165) is 30.7 Å². The molecular formula is C20H28N2O4. The second-order valence-electron chi connectivity index (χ2n) is 7.16. The van der Waals surface area contributed by atoms with E-state index in [1.807, 2.05) is 36.1 Å². The summed E-state index contributed by atoms with van der Waals surface area (Å²) in [6.45, 7) is 4.17. The minimum atomic E-state index is -0.381. The van der Waals surface area contributed by atoms with Gasteiger partial charge in [-0.15, -0.1) is 0 Å². The Morgan fingerprint density at radius 3 is 2.62 bits per heavy atom. The second kappa shape index (κ2) is 8.54. The molecule has 2 heterocycles. The van der Waals surface area contributed by atoms with Crippen LogP contribution in [0.15, 0.2) is 24.3 Å². The highest BCUT2D eigenvalue weighted by Crippen LogP contribution is 2.24. The number of hydrogen-bond acceptors (Lipinski definition) is 4. The fourth-order valence-electron chi connectivity index (χ4n) is 3.78. The number of amides is 2. The van der Waals surface area contributed by atoms with Gasteiger partial charge in [-0.3, -0.25) is 9.59 Å². The average Bonchev–Trinajstić information content (AvgIpc) is 3.02. The van der Waals surface area contributed by atoms with Crippen LogP contribution in [0.4, 0.5) is 0 Å². The standard InChI is InChI=1S/C20H28N2O4/c1-14(15-3-5-17(25-2)6-4-15)13-19(23)21-18-7-10-22(20(18)24)16-8-11-26-12-9-16/h3-6,14,16,18H,7-13H2,1-2H3,(H,21,23). The van der Waals surface area contributed by atoms with Crippen molar-refractivity contribution in [3.05, 3.63) is 29.8 Å². The third-order valence-electron chi connectivity index (χ3n) is 5.38. The SMILES string of the molecule is COc1ccc(C(C)CC(=O)NC2CCN(C3CCOCC3)C2=O)cc1. The summed E-state index contributed by atoms with van der Waals surface area (Å²) in [6.07, 6.45) is 2.84. The normalized spacial score (nSPS) is 22.3. The molecule has 0 aliphatic carbocycles. The van der Waals surface area contributed by atoms with E-state index in [1.165, 1.54) is 0 Å². The summed E-state index contributed by atoms with van der Waals surface area (Å²) in [5.41, 5.74) is 1.09. The summed E-state index contributed by atoms with van der Waals surface area (Å²) in [6, 6.07) is 7.63. The number of methoxy groups -OCH3 is 1. The largest absolute Gasteiger partial charge is 0.497 e. The first-order chi connectivity index (χ1) is 12.6. The molecule has 2 fully saturated rings. The van der Waals surface area contributed by atoms with Gasteiger partial charge in [0.15, 0.2) is 0 Å². The molecule has 0 radical (unpaired) electrons. The van der Waals surface area contributed by atoms with Gasteiger partial charge in [0.25, 0.3) is 0 Å². The lowest BCUT2D eigenvalue weighted by atomic mass is 9.97. The molecule has 142 valence electrons. The number of nitrogens with zero attached hydrogens (tertiary/aromatic N) is 1. The first-order valence-electron chi connectivity index (χ1n) is 9.40. The van der Waals surface area contributed by atoms with E-state index in [0.29, 0.717) is 26.1 Å². The fourth-order valence-corrected chi connectivity index (χ4v) is 3.78. The summed E-state index contributed by atoms with van der Waals surface area (Å²) < 4.78 is 10.5. The molecule has 6 nitrogen and oxygen atoms in total. The van der Waals surface area contributed by atoms with E-state index in [-0.39, 0.29) is 29.8 Å². The van der Waals surface area contributed by atoms with Crippen molar-refractivity contribution in [2.24, 2.45) is 0 Å².